The van der Waals surface area contributed by atoms with Crippen molar-refractivity contribution < 1.29 is 9.66 Å². The van der Waals surface area contributed by atoms with E-state index in [-0.39, 0.29) is 16.9 Å². The number of rotatable bonds is 9. The second-order valence-corrected chi connectivity index (χ2v) is 9.07. The predicted octanol–water partition coefficient (Wildman–Crippen LogP) is 5.84. The van der Waals surface area contributed by atoms with Gasteiger partial charge in [-0.05, 0) is 42.5 Å². The maximum Gasteiger partial charge on any atom is 0.273 e. The second-order valence-electron chi connectivity index (χ2n) is 8.35. The predicted molar refractivity (Wildman–Crippen MR) is 137 cm³/mol. The van der Waals surface area contributed by atoms with Crippen molar-refractivity contribution >= 4 is 34.7 Å². The van der Waals surface area contributed by atoms with Gasteiger partial charge in [-0.15, -0.1) is 0 Å². The molecule has 0 radical (unpaired) electrons. The van der Waals surface area contributed by atoms with Crippen LogP contribution < -0.4 is 10.1 Å². The van der Waals surface area contributed by atoms with Crippen LogP contribution in [0.25, 0.3) is 5.69 Å². The Balaban J connectivity index is 1.25. The van der Waals surface area contributed by atoms with Crippen molar-refractivity contribution in [2.45, 2.75) is 25.2 Å². The molecule has 1 atom stereocenters. The number of nitrogens with one attached hydrogen (secondary N) is 1. The molecule has 0 spiro atoms. The number of anilines is 1. The zero-order chi connectivity index (χ0) is 25.1. The van der Waals surface area contributed by atoms with Gasteiger partial charge in [-0.3, -0.25) is 10.1 Å². The van der Waals surface area contributed by atoms with Crippen LogP contribution in [0.2, 0.25) is 10.4 Å². The Kier molecular flexibility index (Phi) is 7.02. The van der Waals surface area contributed by atoms with Gasteiger partial charge in [0.1, 0.15) is 23.0 Å². The van der Waals surface area contributed by atoms with E-state index < -0.39 is 4.92 Å². The minimum Gasteiger partial charge on any atom is -0.491 e. The largest absolute Gasteiger partial charge is 0.491 e. The number of benzene rings is 2. The van der Waals surface area contributed by atoms with Crippen molar-refractivity contribution in [1.29, 1.82) is 0 Å². The summed E-state index contributed by atoms with van der Waals surface area (Å²) < 4.78 is 7.59. The molecule has 0 saturated heterocycles. The van der Waals surface area contributed by atoms with E-state index in [0.29, 0.717) is 36.2 Å². The lowest BCUT2D eigenvalue weighted by molar-refractivity contribution is -0.384. The van der Waals surface area contributed by atoms with Crippen molar-refractivity contribution in [3.8, 4) is 11.4 Å². The molecule has 2 heterocycles. The van der Waals surface area contributed by atoms with E-state index in [1.165, 1.54) is 24.0 Å². The molecule has 2 aromatic heterocycles. The average molecular weight is 525 g/mol. The van der Waals surface area contributed by atoms with Gasteiger partial charge in [-0.25, -0.2) is 15.0 Å². The van der Waals surface area contributed by atoms with E-state index in [9.17, 15) is 10.1 Å². The fourth-order valence-corrected chi connectivity index (χ4v) is 4.75. The van der Waals surface area contributed by atoms with E-state index in [1.807, 2.05) is 18.2 Å². The van der Waals surface area contributed by atoms with Crippen LogP contribution in [0.1, 0.15) is 35.6 Å². The summed E-state index contributed by atoms with van der Waals surface area (Å²) in [5.41, 5.74) is 3.84. The first-order valence-corrected chi connectivity index (χ1v) is 12.2. The van der Waals surface area contributed by atoms with Crippen LogP contribution in [0.5, 0.6) is 5.75 Å². The van der Waals surface area contributed by atoms with Crippen LogP contribution in [0, 0.1) is 10.1 Å². The van der Waals surface area contributed by atoms with Crippen molar-refractivity contribution in [1.82, 2.24) is 19.5 Å². The summed E-state index contributed by atoms with van der Waals surface area (Å²) in [6.07, 6.45) is 5.60. The molecule has 0 aliphatic heterocycles. The first-order chi connectivity index (χ1) is 17.5. The third-order valence-corrected chi connectivity index (χ3v) is 6.45. The van der Waals surface area contributed by atoms with E-state index >= 15 is 0 Å². The molecule has 1 aliphatic rings. The zero-order valence-electron chi connectivity index (χ0n) is 19.1. The smallest absolute Gasteiger partial charge is 0.273 e. The molecular formula is C25H22Cl2N6O3. The number of nitrogens with zero attached hydrogens (tertiary/aromatic N) is 5. The molecule has 1 unspecified atom stereocenters. The second kappa shape index (κ2) is 10.5. The van der Waals surface area contributed by atoms with Crippen LogP contribution in [0.4, 0.5) is 11.5 Å². The highest BCUT2D eigenvalue weighted by Crippen LogP contribution is 2.40. The molecule has 36 heavy (non-hydrogen) atoms. The highest BCUT2D eigenvalue weighted by molar-refractivity contribution is 6.29. The number of hydrogen-bond donors (Lipinski definition) is 1. The van der Waals surface area contributed by atoms with E-state index in [2.05, 4.69) is 32.4 Å². The van der Waals surface area contributed by atoms with Gasteiger partial charge < -0.3 is 14.6 Å². The quantitative estimate of drug-likeness (QED) is 0.127. The number of nitro groups is 1. The number of fused-ring (bicyclic) bond motifs is 1. The Morgan fingerprint density at radius 3 is 2.75 bits per heavy atom. The summed E-state index contributed by atoms with van der Waals surface area (Å²) in [6, 6.07) is 14.7. The summed E-state index contributed by atoms with van der Waals surface area (Å²) in [4.78, 5) is 23.8. The van der Waals surface area contributed by atoms with Crippen LogP contribution in [0.3, 0.4) is 0 Å². The van der Waals surface area contributed by atoms with Crippen molar-refractivity contribution in [2.75, 3.05) is 18.5 Å². The van der Waals surface area contributed by atoms with Crippen molar-refractivity contribution in [3.05, 3.63) is 98.4 Å². The minimum absolute atomic E-state index is 0.0581. The molecule has 9 nitrogen and oxygen atoms in total. The molecule has 1 aliphatic carbocycles. The lowest BCUT2D eigenvalue weighted by atomic mass is 9.97. The number of aromatic nitrogens is 4. The summed E-state index contributed by atoms with van der Waals surface area (Å²) in [6.45, 7) is 0.911. The van der Waals surface area contributed by atoms with E-state index in [1.54, 1.807) is 16.8 Å². The molecule has 0 amide bonds. The van der Waals surface area contributed by atoms with Crippen LogP contribution in [0.15, 0.2) is 61.1 Å². The maximum absolute atomic E-state index is 11.2. The molecule has 4 aromatic rings. The standard InChI is InChI=1S/C25H22Cl2N6O3/c26-22-14-32(15-29-22)20-10-7-17(33(34)35)13-21(20)36-12-4-11-28-24-19-9-8-18(16-5-2-1-3-6-16)23(19)30-25(27)31-24/h1-3,5-7,10,13-15,18H,4,8-9,11-12H2,(H,28,30,31). The lowest BCUT2D eigenvalue weighted by Crippen LogP contribution is -2.12. The van der Waals surface area contributed by atoms with Gasteiger partial charge >= 0.3 is 0 Å². The molecule has 1 N–H and O–H groups in total. The Morgan fingerprint density at radius 1 is 1.17 bits per heavy atom. The fraction of sp³-hybridized carbons (Fsp3) is 0.240. The molecule has 0 fully saturated rings. The number of non-ortho nitro benzene ring substituents is 1. The number of hydrogen-bond acceptors (Lipinski definition) is 7. The number of ether oxygens (including phenoxy) is 1. The van der Waals surface area contributed by atoms with Gasteiger partial charge in [0.2, 0.25) is 5.28 Å². The van der Waals surface area contributed by atoms with Crippen LogP contribution in [-0.2, 0) is 6.42 Å². The van der Waals surface area contributed by atoms with Crippen LogP contribution >= 0.6 is 23.2 Å². The number of imidazole rings is 1. The van der Waals surface area contributed by atoms with Gasteiger partial charge in [-0.1, -0.05) is 41.9 Å². The third-order valence-electron chi connectivity index (χ3n) is 6.08. The van der Waals surface area contributed by atoms with Gasteiger partial charge in [0.25, 0.3) is 5.69 Å². The van der Waals surface area contributed by atoms with E-state index in [4.69, 9.17) is 27.9 Å². The number of halogens is 2. The Hall–Kier alpha value is -3.69. The van der Waals surface area contributed by atoms with Gasteiger partial charge in [0.15, 0.2) is 0 Å². The summed E-state index contributed by atoms with van der Waals surface area (Å²) in [5.74, 6) is 1.32. The Morgan fingerprint density at radius 2 is 2.00 bits per heavy atom. The fourth-order valence-electron chi connectivity index (χ4n) is 4.43. The first kappa shape index (κ1) is 24.0. The van der Waals surface area contributed by atoms with Crippen molar-refractivity contribution in [3.63, 3.8) is 0 Å². The van der Waals surface area contributed by atoms with Gasteiger partial charge in [-0.2, -0.15) is 0 Å². The van der Waals surface area contributed by atoms with Gasteiger partial charge in [0, 0.05) is 30.3 Å². The summed E-state index contributed by atoms with van der Waals surface area (Å²) >= 11 is 12.2. The molecule has 2 aromatic carbocycles. The molecule has 5 rings (SSSR count). The number of nitro benzene ring substituents is 1. The molecule has 184 valence electrons. The average Bonchev–Trinajstić information content (AvgIpc) is 3.50. The maximum atomic E-state index is 11.2. The normalized spacial score (nSPS) is 14.4. The monoisotopic (exact) mass is 524 g/mol. The zero-order valence-corrected chi connectivity index (χ0v) is 20.6. The Bertz CT molecular complexity index is 1400. The van der Waals surface area contributed by atoms with E-state index in [0.717, 1.165) is 29.9 Å². The van der Waals surface area contributed by atoms with Gasteiger partial charge in [0.05, 0.1) is 29.0 Å². The highest BCUT2D eigenvalue weighted by atomic mass is 35.5. The highest BCUT2D eigenvalue weighted by Gasteiger charge is 2.29. The van der Waals surface area contributed by atoms with Crippen LogP contribution in [-0.4, -0.2) is 37.6 Å². The molecule has 11 heteroatoms. The molecule has 0 saturated carbocycles. The topological polar surface area (TPSA) is 108 Å². The minimum atomic E-state index is -0.457. The Labute approximate surface area is 217 Å². The summed E-state index contributed by atoms with van der Waals surface area (Å²) in [5, 5.41) is 15.1. The lowest BCUT2D eigenvalue weighted by Gasteiger charge is -2.14. The first-order valence-electron chi connectivity index (χ1n) is 11.5. The van der Waals surface area contributed by atoms with Crippen molar-refractivity contribution in [2.24, 2.45) is 0 Å². The molecule has 0 bridgehead atoms. The summed E-state index contributed by atoms with van der Waals surface area (Å²) in [7, 11) is 0. The molecular weight excluding hydrogens is 503 g/mol. The third kappa shape index (κ3) is 5.12. The SMILES string of the molecule is O=[N+]([O-])c1ccc(-n2cnc(Cl)c2)c(OCCCNc2nc(Cl)nc3c2CCC3c2ccccc2)c1.